The first kappa shape index (κ1) is 22.2. The Hall–Kier alpha value is -3.53. The summed E-state index contributed by atoms with van der Waals surface area (Å²) in [6.07, 6.45) is 1.09. The lowest BCUT2D eigenvalue weighted by atomic mass is 10.1. The van der Waals surface area contributed by atoms with Crippen molar-refractivity contribution >= 4 is 17.6 Å². The quantitative estimate of drug-likeness (QED) is 0.781. The van der Waals surface area contributed by atoms with Crippen LogP contribution in [0.1, 0.15) is 24.0 Å². The third kappa shape index (κ3) is 6.22. The molecule has 1 aliphatic rings. The number of urea groups is 1. The van der Waals surface area contributed by atoms with Crippen molar-refractivity contribution in [3.05, 3.63) is 65.7 Å². The van der Waals surface area contributed by atoms with Crippen LogP contribution in [0.5, 0.6) is 0 Å². The zero-order valence-corrected chi connectivity index (χ0v) is 18.0. The van der Waals surface area contributed by atoms with E-state index in [4.69, 9.17) is 0 Å². The molecule has 1 fully saturated rings. The molecule has 0 aromatic heterocycles. The van der Waals surface area contributed by atoms with Crippen LogP contribution >= 0.6 is 0 Å². The summed E-state index contributed by atoms with van der Waals surface area (Å²) in [4.78, 5) is 30.6. The number of nitrogens with one attached hydrogen (secondary N) is 1. The van der Waals surface area contributed by atoms with Gasteiger partial charge >= 0.3 is 6.03 Å². The Morgan fingerprint density at radius 1 is 1.03 bits per heavy atom. The highest BCUT2D eigenvalue weighted by Crippen LogP contribution is 2.21. The van der Waals surface area contributed by atoms with Crippen LogP contribution in [0, 0.1) is 11.3 Å². The van der Waals surface area contributed by atoms with E-state index in [2.05, 4.69) is 16.3 Å². The zero-order chi connectivity index (χ0) is 22.1. The first-order chi connectivity index (χ1) is 15.1. The molecular weight excluding hydrogens is 390 g/mol. The van der Waals surface area contributed by atoms with Gasteiger partial charge in [0.15, 0.2) is 0 Å². The molecule has 0 spiro atoms. The molecule has 3 amide bonds. The maximum Gasteiger partial charge on any atom is 0.317 e. The number of anilines is 1. The first-order valence-corrected chi connectivity index (χ1v) is 10.6. The van der Waals surface area contributed by atoms with E-state index < -0.39 is 0 Å². The summed E-state index contributed by atoms with van der Waals surface area (Å²) in [5, 5.41) is 12.2. The monoisotopic (exact) mass is 419 g/mol. The summed E-state index contributed by atoms with van der Waals surface area (Å²) in [5.41, 5.74) is 2.65. The molecule has 1 saturated heterocycles. The fourth-order valence-electron chi connectivity index (χ4n) is 3.73. The molecule has 2 aromatic rings. The summed E-state index contributed by atoms with van der Waals surface area (Å²) < 4.78 is 0. The average Bonchev–Trinajstić information content (AvgIpc) is 3.06. The van der Waals surface area contributed by atoms with Crippen molar-refractivity contribution in [3.8, 4) is 6.07 Å². The zero-order valence-electron chi connectivity index (χ0n) is 18.0. The molecule has 0 unspecified atom stereocenters. The van der Waals surface area contributed by atoms with Crippen molar-refractivity contribution in [1.82, 2.24) is 15.1 Å². The van der Waals surface area contributed by atoms with E-state index in [1.807, 2.05) is 54.6 Å². The SMILES string of the molecule is CN(Cc1ccccc1)C(=O)CCNC(=O)N1CCCN(c2ccccc2C#N)CC1. The standard InChI is InChI=1S/C24H29N5O2/c1-27(19-20-8-3-2-4-9-20)23(30)12-13-26-24(31)29-15-7-14-28(16-17-29)22-11-6-5-10-21(22)18-25/h2-6,8-11H,7,12-17,19H2,1H3,(H,26,31). The molecule has 3 rings (SSSR count). The summed E-state index contributed by atoms with van der Waals surface area (Å²) in [6, 6.07) is 19.5. The molecule has 31 heavy (non-hydrogen) atoms. The number of rotatable bonds is 6. The van der Waals surface area contributed by atoms with Gasteiger partial charge < -0.3 is 20.0 Å². The molecule has 162 valence electrons. The highest BCUT2D eigenvalue weighted by molar-refractivity contribution is 5.78. The van der Waals surface area contributed by atoms with Crippen molar-refractivity contribution in [1.29, 1.82) is 5.26 Å². The Bertz CT molecular complexity index is 925. The minimum atomic E-state index is -0.145. The predicted molar refractivity (Wildman–Crippen MR) is 120 cm³/mol. The Morgan fingerprint density at radius 2 is 1.77 bits per heavy atom. The van der Waals surface area contributed by atoms with Crippen LogP contribution in [0.3, 0.4) is 0 Å². The van der Waals surface area contributed by atoms with E-state index in [1.165, 1.54) is 0 Å². The molecule has 1 heterocycles. The van der Waals surface area contributed by atoms with Gasteiger partial charge in [-0.25, -0.2) is 4.79 Å². The first-order valence-electron chi connectivity index (χ1n) is 10.6. The fraction of sp³-hybridized carbons (Fsp3) is 0.375. The van der Waals surface area contributed by atoms with Crippen LogP contribution in [-0.2, 0) is 11.3 Å². The number of benzene rings is 2. The van der Waals surface area contributed by atoms with Crippen molar-refractivity contribution in [2.45, 2.75) is 19.4 Å². The van der Waals surface area contributed by atoms with Crippen LogP contribution in [-0.4, -0.2) is 61.5 Å². The number of hydrogen-bond donors (Lipinski definition) is 1. The minimum Gasteiger partial charge on any atom is -0.369 e. The molecule has 0 bridgehead atoms. The van der Waals surface area contributed by atoms with Crippen molar-refractivity contribution in [2.75, 3.05) is 44.7 Å². The lowest BCUT2D eigenvalue weighted by Gasteiger charge is -2.24. The minimum absolute atomic E-state index is 0.000643. The van der Waals surface area contributed by atoms with Crippen molar-refractivity contribution in [2.24, 2.45) is 0 Å². The van der Waals surface area contributed by atoms with Gasteiger partial charge in [0, 0.05) is 52.7 Å². The topological polar surface area (TPSA) is 79.7 Å². The van der Waals surface area contributed by atoms with Gasteiger partial charge in [-0.3, -0.25) is 4.79 Å². The molecule has 1 aliphatic heterocycles. The van der Waals surface area contributed by atoms with E-state index in [0.717, 1.165) is 24.2 Å². The maximum absolute atomic E-state index is 12.6. The molecular formula is C24H29N5O2. The molecule has 0 atom stereocenters. The van der Waals surface area contributed by atoms with Crippen molar-refractivity contribution < 1.29 is 9.59 Å². The van der Waals surface area contributed by atoms with E-state index in [1.54, 1.807) is 16.8 Å². The highest BCUT2D eigenvalue weighted by atomic mass is 16.2. The van der Waals surface area contributed by atoms with Gasteiger partial charge in [0.05, 0.1) is 11.3 Å². The third-order valence-corrected chi connectivity index (χ3v) is 5.45. The van der Waals surface area contributed by atoms with Crippen molar-refractivity contribution in [3.63, 3.8) is 0 Å². The third-order valence-electron chi connectivity index (χ3n) is 5.45. The second-order valence-corrected chi connectivity index (χ2v) is 7.67. The molecule has 0 saturated carbocycles. The normalized spacial score (nSPS) is 13.8. The summed E-state index contributed by atoms with van der Waals surface area (Å²) in [6.45, 7) is 3.57. The Balaban J connectivity index is 1.43. The maximum atomic E-state index is 12.6. The highest BCUT2D eigenvalue weighted by Gasteiger charge is 2.20. The van der Waals surface area contributed by atoms with Gasteiger partial charge in [-0.15, -0.1) is 0 Å². The van der Waals surface area contributed by atoms with E-state index >= 15 is 0 Å². The second-order valence-electron chi connectivity index (χ2n) is 7.67. The van der Waals surface area contributed by atoms with Crippen LogP contribution in [0.2, 0.25) is 0 Å². The van der Waals surface area contributed by atoms with Gasteiger partial charge in [0.25, 0.3) is 0 Å². The van der Waals surface area contributed by atoms with Crippen LogP contribution in [0.25, 0.3) is 0 Å². The number of carbonyl (C=O) groups excluding carboxylic acids is 2. The van der Waals surface area contributed by atoms with Gasteiger partial charge in [0.2, 0.25) is 5.91 Å². The lowest BCUT2D eigenvalue weighted by molar-refractivity contribution is -0.130. The van der Waals surface area contributed by atoms with Crippen LogP contribution in [0.4, 0.5) is 10.5 Å². The molecule has 0 aliphatic carbocycles. The van der Waals surface area contributed by atoms with Crippen LogP contribution in [0.15, 0.2) is 54.6 Å². The largest absolute Gasteiger partial charge is 0.369 e. The predicted octanol–water partition coefficient (Wildman–Crippen LogP) is 2.83. The number of nitriles is 1. The molecule has 1 N–H and O–H groups in total. The Kier molecular flexibility index (Phi) is 7.88. The Morgan fingerprint density at radius 3 is 2.55 bits per heavy atom. The summed E-state index contributed by atoms with van der Waals surface area (Å²) in [5.74, 6) is -0.000643. The Labute approximate surface area is 183 Å². The second kappa shape index (κ2) is 11.0. The van der Waals surface area contributed by atoms with Gasteiger partial charge in [-0.1, -0.05) is 42.5 Å². The van der Waals surface area contributed by atoms with E-state index in [9.17, 15) is 14.9 Å². The smallest absolute Gasteiger partial charge is 0.317 e. The van der Waals surface area contributed by atoms with Gasteiger partial charge in [0.1, 0.15) is 6.07 Å². The molecule has 7 heteroatoms. The van der Waals surface area contributed by atoms with E-state index in [-0.39, 0.29) is 18.4 Å². The summed E-state index contributed by atoms with van der Waals surface area (Å²) >= 11 is 0. The van der Waals surface area contributed by atoms with Crippen LogP contribution < -0.4 is 10.2 Å². The molecule has 2 aromatic carbocycles. The molecule has 7 nitrogen and oxygen atoms in total. The number of amides is 3. The number of para-hydroxylation sites is 1. The average molecular weight is 420 g/mol. The summed E-state index contributed by atoms with van der Waals surface area (Å²) in [7, 11) is 1.78. The number of carbonyl (C=O) groups is 2. The fourth-order valence-corrected chi connectivity index (χ4v) is 3.73. The number of nitrogens with zero attached hydrogens (tertiary/aromatic N) is 4. The molecule has 0 radical (unpaired) electrons. The van der Waals surface area contributed by atoms with E-state index in [0.29, 0.717) is 38.3 Å². The van der Waals surface area contributed by atoms with Gasteiger partial charge in [-0.2, -0.15) is 5.26 Å². The van der Waals surface area contributed by atoms with Gasteiger partial charge in [-0.05, 0) is 24.1 Å². The number of hydrogen-bond acceptors (Lipinski definition) is 4. The lowest BCUT2D eigenvalue weighted by Crippen LogP contribution is -2.43.